The van der Waals surface area contributed by atoms with Crippen molar-refractivity contribution in [2.75, 3.05) is 12.3 Å². The van der Waals surface area contributed by atoms with Gasteiger partial charge in [-0.25, -0.2) is 0 Å². The molecule has 2 unspecified atom stereocenters. The monoisotopic (exact) mass is 312 g/mol. The third kappa shape index (κ3) is 4.38. The maximum absolute atomic E-state index is 12.6. The van der Waals surface area contributed by atoms with E-state index in [1.54, 1.807) is 11.8 Å². The predicted octanol–water partition coefficient (Wildman–Crippen LogP) is 2.48. The summed E-state index contributed by atoms with van der Waals surface area (Å²) in [4.78, 5) is 26.9. The molecule has 1 aliphatic heterocycles. The fourth-order valence-electron chi connectivity index (χ4n) is 2.61. The number of carbonyl (C=O) groups is 2. The minimum atomic E-state index is -0.273. The molecule has 2 aliphatic rings. The van der Waals surface area contributed by atoms with Crippen molar-refractivity contribution in [2.24, 2.45) is 17.8 Å². The molecule has 1 heterocycles. The molecule has 0 radical (unpaired) electrons. The molecule has 120 valence electrons. The number of hydrogen-bond acceptors (Lipinski definition) is 3. The predicted molar refractivity (Wildman–Crippen MR) is 86.9 cm³/mol. The van der Waals surface area contributed by atoms with E-state index >= 15 is 0 Å². The van der Waals surface area contributed by atoms with E-state index in [2.05, 4.69) is 33.0 Å². The Morgan fingerprint density at radius 2 is 1.86 bits per heavy atom. The topological polar surface area (TPSA) is 49.4 Å². The quantitative estimate of drug-likeness (QED) is 0.820. The molecule has 0 aromatic carbocycles. The molecular formula is C16H28N2O2S. The van der Waals surface area contributed by atoms with E-state index in [4.69, 9.17) is 0 Å². The lowest BCUT2D eigenvalue weighted by Crippen LogP contribution is -2.51. The van der Waals surface area contributed by atoms with Crippen molar-refractivity contribution in [2.45, 2.75) is 58.4 Å². The second kappa shape index (κ2) is 7.03. The van der Waals surface area contributed by atoms with Crippen LogP contribution in [0.15, 0.2) is 0 Å². The Kier molecular flexibility index (Phi) is 5.58. The van der Waals surface area contributed by atoms with Gasteiger partial charge in [-0.1, -0.05) is 27.7 Å². The lowest BCUT2D eigenvalue weighted by Gasteiger charge is -2.30. The molecule has 2 amide bonds. The normalized spacial score (nSPS) is 25.7. The van der Waals surface area contributed by atoms with Gasteiger partial charge in [-0.3, -0.25) is 9.59 Å². The van der Waals surface area contributed by atoms with Crippen LogP contribution in [0.3, 0.4) is 0 Å². The van der Waals surface area contributed by atoms with Gasteiger partial charge in [-0.05, 0) is 31.1 Å². The summed E-state index contributed by atoms with van der Waals surface area (Å²) in [6.07, 6.45) is 2.96. The highest BCUT2D eigenvalue weighted by Crippen LogP contribution is 2.39. The van der Waals surface area contributed by atoms with Crippen LogP contribution >= 0.6 is 11.8 Å². The number of nitrogens with zero attached hydrogens (tertiary/aromatic N) is 1. The minimum Gasteiger partial charge on any atom is -0.354 e. The molecule has 0 bridgehead atoms. The van der Waals surface area contributed by atoms with Crippen molar-refractivity contribution in [3.8, 4) is 0 Å². The molecule has 0 aromatic rings. The molecule has 0 spiro atoms. The second-order valence-electron chi connectivity index (χ2n) is 7.09. The molecule has 21 heavy (non-hydrogen) atoms. The summed E-state index contributed by atoms with van der Waals surface area (Å²) in [5.41, 5.74) is 0. The summed E-state index contributed by atoms with van der Waals surface area (Å²) in [5, 5.41) is 3.17. The standard InChI is InChI=1S/C16H28N2O2S/c1-10(2)7-14-18(16(20)12-5-6-12)13(9-21-14)15(19)17-8-11(3)4/h10-14H,5-9H2,1-4H3,(H,17,19). The van der Waals surface area contributed by atoms with Crippen LogP contribution in [0.25, 0.3) is 0 Å². The van der Waals surface area contributed by atoms with Crippen LogP contribution in [0, 0.1) is 17.8 Å². The zero-order chi connectivity index (χ0) is 15.6. The van der Waals surface area contributed by atoms with Gasteiger partial charge < -0.3 is 10.2 Å². The van der Waals surface area contributed by atoms with Crippen LogP contribution in [0.2, 0.25) is 0 Å². The molecule has 0 aromatic heterocycles. The van der Waals surface area contributed by atoms with E-state index in [-0.39, 0.29) is 29.1 Å². The molecule has 5 heteroatoms. The highest BCUT2D eigenvalue weighted by Gasteiger charge is 2.45. The van der Waals surface area contributed by atoms with Crippen molar-refractivity contribution in [3.63, 3.8) is 0 Å². The summed E-state index contributed by atoms with van der Waals surface area (Å²) in [5.74, 6) is 2.11. The first-order valence-corrected chi connectivity index (χ1v) is 9.16. The molecule has 2 fully saturated rings. The summed E-state index contributed by atoms with van der Waals surface area (Å²) < 4.78 is 0. The van der Waals surface area contributed by atoms with Crippen LogP contribution in [0.4, 0.5) is 0 Å². The van der Waals surface area contributed by atoms with Gasteiger partial charge in [0.15, 0.2) is 0 Å². The molecule has 1 saturated carbocycles. The van der Waals surface area contributed by atoms with Gasteiger partial charge in [0.05, 0.1) is 5.37 Å². The van der Waals surface area contributed by atoms with Crippen molar-refractivity contribution >= 4 is 23.6 Å². The van der Waals surface area contributed by atoms with Gasteiger partial charge in [0, 0.05) is 18.2 Å². The van der Waals surface area contributed by atoms with Gasteiger partial charge in [0.1, 0.15) is 6.04 Å². The SMILES string of the molecule is CC(C)CNC(=O)C1CSC(CC(C)C)N1C(=O)C1CC1. The summed E-state index contributed by atoms with van der Waals surface area (Å²) >= 11 is 1.77. The highest BCUT2D eigenvalue weighted by molar-refractivity contribution is 8.00. The van der Waals surface area contributed by atoms with Gasteiger partial charge in [-0.15, -0.1) is 11.8 Å². The number of rotatable bonds is 6. The first-order chi connectivity index (χ1) is 9.90. The first-order valence-electron chi connectivity index (χ1n) is 8.11. The van der Waals surface area contributed by atoms with E-state index in [0.717, 1.165) is 25.0 Å². The zero-order valence-corrected chi connectivity index (χ0v) is 14.4. The van der Waals surface area contributed by atoms with Gasteiger partial charge >= 0.3 is 0 Å². The number of nitrogens with one attached hydrogen (secondary N) is 1. The summed E-state index contributed by atoms with van der Waals surface area (Å²) in [6, 6.07) is -0.273. The van der Waals surface area contributed by atoms with Crippen molar-refractivity contribution in [3.05, 3.63) is 0 Å². The molecule has 2 rings (SSSR count). The third-order valence-electron chi connectivity index (χ3n) is 3.93. The van der Waals surface area contributed by atoms with E-state index < -0.39 is 0 Å². The zero-order valence-electron chi connectivity index (χ0n) is 13.6. The molecule has 2 atom stereocenters. The van der Waals surface area contributed by atoms with Crippen LogP contribution < -0.4 is 5.32 Å². The largest absolute Gasteiger partial charge is 0.354 e. The molecule has 1 aliphatic carbocycles. The maximum Gasteiger partial charge on any atom is 0.243 e. The molecule has 1 saturated heterocycles. The number of amides is 2. The van der Waals surface area contributed by atoms with Gasteiger partial charge in [-0.2, -0.15) is 0 Å². The fraction of sp³-hybridized carbons (Fsp3) is 0.875. The number of carbonyl (C=O) groups excluding carboxylic acids is 2. The smallest absolute Gasteiger partial charge is 0.243 e. The van der Waals surface area contributed by atoms with Crippen LogP contribution in [-0.2, 0) is 9.59 Å². The lowest BCUT2D eigenvalue weighted by atomic mass is 10.1. The Balaban J connectivity index is 2.04. The maximum atomic E-state index is 12.6. The van der Waals surface area contributed by atoms with Crippen LogP contribution in [-0.4, -0.2) is 40.4 Å². The van der Waals surface area contributed by atoms with Gasteiger partial charge in [0.2, 0.25) is 11.8 Å². The molecule has 1 N–H and O–H groups in total. The molecule has 4 nitrogen and oxygen atoms in total. The average Bonchev–Trinajstić information content (AvgIpc) is 3.16. The second-order valence-corrected chi connectivity index (χ2v) is 8.30. The fourth-order valence-corrected chi connectivity index (χ4v) is 4.26. The summed E-state index contributed by atoms with van der Waals surface area (Å²) in [7, 11) is 0. The van der Waals surface area contributed by atoms with Crippen molar-refractivity contribution < 1.29 is 9.59 Å². The first kappa shape index (κ1) is 16.7. The Morgan fingerprint density at radius 3 is 2.38 bits per heavy atom. The van der Waals surface area contributed by atoms with E-state index in [1.807, 2.05) is 4.90 Å². The highest BCUT2D eigenvalue weighted by atomic mass is 32.2. The number of hydrogen-bond donors (Lipinski definition) is 1. The Hall–Kier alpha value is -0.710. The van der Waals surface area contributed by atoms with Gasteiger partial charge in [0.25, 0.3) is 0 Å². The van der Waals surface area contributed by atoms with E-state index in [9.17, 15) is 9.59 Å². The Bertz CT molecular complexity index is 394. The Morgan fingerprint density at radius 1 is 1.19 bits per heavy atom. The average molecular weight is 312 g/mol. The van der Waals surface area contributed by atoms with E-state index in [1.165, 1.54) is 0 Å². The van der Waals surface area contributed by atoms with Crippen LogP contribution in [0.1, 0.15) is 47.0 Å². The number of thioether (sulfide) groups is 1. The summed E-state index contributed by atoms with van der Waals surface area (Å²) in [6.45, 7) is 9.19. The third-order valence-corrected chi connectivity index (χ3v) is 5.25. The minimum absolute atomic E-state index is 0.0245. The van der Waals surface area contributed by atoms with Crippen molar-refractivity contribution in [1.29, 1.82) is 0 Å². The van der Waals surface area contributed by atoms with Crippen LogP contribution in [0.5, 0.6) is 0 Å². The Labute approximate surface area is 132 Å². The van der Waals surface area contributed by atoms with E-state index in [0.29, 0.717) is 18.4 Å². The molecular weight excluding hydrogens is 284 g/mol. The lowest BCUT2D eigenvalue weighted by molar-refractivity contribution is -0.141. The van der Waals surface area contributed by atoms with Crippen molar-refractivity contribution in [1.82, 2.24) is 10.2 Å².